The monoisotopic (exact) mass is 358 g/mol. The summed E-state index contributed by atoms with van der Waals surface area (Å²) < 4.78 is 5.40. The van der Waals surface area contributed by atoms with E-state index in [0.29, 0.717) is 9.75 Å². The lowest BCUT2D eigenvalue weighted by Crippen LogP contribution is -2.43. The number of ketones is 1. The number of nitrogens with zero attached hydrogens (tertiary/aromatic N) is 1. The molecule has 1 aliphatic rings. The molecule has 1 unspecified atom stereocenters. The smallest absolute Gasteiger partial charge is 0.261 e. The molecule has 1 N–H and O–H groups in total. The van der Waals surface area contributed by atoms with Crippen LogP contribution in [0.4, 0.5) is 0 Å². The third-order valence-electron chi connectivity index (χ3n) is 4.23. The normalized spacial score (nSPS) is 16.4. The SMILES string of the molecule is CC(=O)c1ccc(C(=O)NC(CN2CCOCC2)c2ccccc2)s1. The molecule has 0 radical (unpaired) electrons. The first-order valence-electron chi connectivity index (χ1n) is 8.40. The fraction of sp³-hybridized carbons (Fsp3) is 0.368. The number of carbonyl (C=O) groups is 2. The summed E-state index contributed by atoms with van der Waals surface area (Å²) in [6.07, 6.45) is 0. The molecule has 6 heteroatoms. The Bertz CT molecular complexity index is 723. The minimum absolute atomic E-state index is 0.0167. The minimum atomic E-state index is -0.139. The maximum absolute atomic E-state index is 12.7. The van der Waals surface area contributed by atoms with Crippen molar-refractivity contribution >= 4 is 23.0 Å². The predicted molar refractivity (Wildman–Crippen MR) is 98.2 cm³/mol. The van der Waals surface area contributed by atoms with Crippen LogP contribution < -0.4 is 5.32 Å². The molecule has 1 saturated heterocycles. The lowest BCUT2D eigenvalue weighted by Gasteiger charge is -2.31. The zero-order chi connectivity index (χ0) is 17.6. The van der Waals surface area contributed by atoms with Crippen LogP contribution in [0.25, 0.3) is 0 Å². The van der Waals surface area contributed by atoms with E-state index in [0.717, 1.165) is 38.4 Å². The van der Waals surface area contributed by atoms with Crippen molar-refractivity contribution < 1.29 is 14.3 Å². The van der Waals surface area contributed by atoms with Crippen molar-refractivity contribution in [1.29, 1.82) is 0 Å². The molecule has 1 fully saturated rings. The van der Waals surface area contributed by atoms with E-state index < -0.39 is 0 Å². The first-order valence-corrected chi connectivity index (χ1v) is 9.22. The highest BCUT2D eigenvalue weighted by Crippen LogP contribution is 2.20. The lowest BCUT2D eigenvalue weighted by molar-refractivity contribution is 0.0332. The summed E-state index contributed by atoms with van der Waals surface area (Å²) in [6.45, 7) is 5.44. The highest BCUT2D eigenvalue weighted by atomic mass is 32.1. The minimum Gasteiger partial charge on any atom is -0.379 e. The van der Waals surface area contributed by atoms with Crippen LogP contribution in [0.1, 0.15) is 37.9 Å². The molecular formula is C19H22N2O3S. The number of ether oxygens (including phenoxy) is 1. The van der Waals surface area contributed by atoms with Gasteiger partial charge in [-0.05, 0) is 24.6 Å². The van der Waals surface area contributed by atoms with Gasteiger partial charge < -0.3 is 10.1 Å². The predicted octanol–water partition coefficient (Wildman–Crippen LogP) is 2.75. The third kappa shape index (κ3) is 4.75. The summed E-state index contributed by atoms with van der Waals surface area (Å²) in [4.78, 5) is 27.6. The van der Waals surface area contributed by atoms with Crippen molar-refractivity contribution in [3.63, 3.8) is 0 Å². The van der Waals surface area contributed by atoms with Gasteiger partial charge in [-0.3, -0.25) is 14.5 Å². The standard InChI is InChI=1S/C19H22N2O3S/c1-14(22)17-7-8-18(25-17)19(23)20-16(15-5-3-2-4-6-15)13-21-9-11-24-12-10-21/h2-8,16H,9-13H2,1H3,(H,20,23). The summed E-state index contributed by atoms with van der Waals surface area (Å²) in [5.74, 6) is -0.156. The molecule has 0 bridgehead atoms. The molecule has 1 amide bonds. The molecule has 0 saturated carbocycles. The van der Waals surface area contributed by atoms with Crippen LogP contribution in [-0.4, -0.2) is 49.4 Å². The third-order valence-corrected chi connectivity index (χ3v) is 5.41. The van der Waals surface area contributed by atoms with Crippen LogP contribution in [-0.2, 0) is 4.74 Å². The van der Waals surface area contributed by atoms with Gasteiger partial charge in [0.25, 0.3) is 5.91 Å². The van der Waals surface area contributed by atoms with Crippen molar-refractivity contribution in [2.45, 2.75) is 13.0 Å². The van der Waals surface area contributed by atoms with Gasteiger partial charge in [-0.1, -0.05) is 30.3 Å². The van der Waals surface area contributed by atoms with Crippen LogP contribution in [0.2, 0.25) is 0 Å². The van der Waals surface area contributed by atoms with Crippen LogP contribution >= 0.6 is 11.3 Å². The van der Waals surface area contributed by atoms with Gasteiger partial charge >= 0.3 is 0 Å². The molecule has 3 rings (SSSR count). The first-order chi connectivity index (χ1) is 12.1. The number of hydrogen-bond donors (Lipinski definition) is 1. The molecule has 0 aliphatic carbocycles. The summed E-state index contributed by atoms with van der Waals surface area (Å²) in [5.41, 5.74) is 1.07. The molecule has 25 heavy (non-hydrogen) atoms. The summed E-state index contributed by atoms with van der Waals surface area (Å²) >= 11 is 1.24. The zero-order valence-electron chi connectivity index (χ0n) is 14.2. The van der Waals surface area contributed by atoms with E-state index in [1.807, 2.05) is 30.3 Å². The van der Waals surface area contributed by atoms with E-state index >= 15 is 0 Å². The Morgan fingerprint density at radius 3 is 2.44 bits per heavy atom. The number of nitrogens with one attached hydrogen (secondary N) is 1. The van der Waals surface area contributed by atoms with E-state index in [2.05, 4.69) is 10.2 Å². The zero-order valence-corrected chi connectivity index (χ0v) is 15.1. The summed E-state index contributed by atoms with van der Waals surface area (Å²) in [6, 6.07) is 13.3. The van der Waals surface area contributed by atoms with Crippen molar-refractivity contribution in [2.24, 2.45) is 0 Å². The second-order valence-electron chi connectivity index (χ2n) is 6.07. The number of carbonyl (C=O) groups excluding carboxylic acids is 2. The van der Waals surface area contributed by atoms with Gasteiger partial charge in [0, 0.05) is 19.6 Å². The number of rotatable bonds is 6. The molecule has 132 valence electrons. The topological polar surface area (TPSA) is 58.6 Å². The van der Waals surface area contributed by atoms with Crippen molar-refractivity contribution in [1.82, 2.24) is 10.2 Å². The highest BCUT2D eigenvalue weighted by Gasteiger charge is 2.21. The Morgan fingerprint density at radius 2 is 1.80 bits per heavy atom. The fourth-order valence-corrected chi connectivity index (χ4v) is 3.64. The Hall–Kier alpha value is -2.02. The van der Waals surface area contributed by atoms with E-state index in [-0.39, 0.29) is 17.7 Å². The maximum Gasteiger partial charge on any atom is 0.261 e. The number of Topliss-reactive ketones (excluding diaryl/α,β-unsaturated/α-hetero) is 1. The molecule has 1 aliphatic heterocycles. The van der Waals surface area contributed by atoms with E-state index in [9.17, 15) is 9.59 Å². The second-order valence-corrected chi connectivity index (χ2v) is 7.15. The van der Waals surface area contributed by atoms with Crippen LogP contribution in [0.5, 0.6) is 0 Å². The molecule has 0 spiro atoms. The Labute approximate surface area is 151 Å². The van der Waals surface area contributed by atoms with Crippen LogP contribution in [0, 0.1) is 0 Å². The molecule has 2 heterocycles. The first kappa shape index (κ1) is 17.8. The largest absolute Gasteiger partial charge is 0.379 e. The van der Waals surface area contributed by atoms with E-state index in [1.54, 1.807) is 12.1 Å². The van der Waals surface area contributed by atoms with Crippen molar-refractivity contribution in [3.05, 3.63) is 57.8 Å². The Kier molecular flexibility index (Phi) is 5.96. The van der Waals surface area contributed by atoms with Gasteiger partial charge in [-0.15, -0.1) is 11.3 Å². The Morgan fingerprint density at radius 1 is 1.12 bits per heavy atom. The molecular weight excluding hydrogens is 336 g/mol. The summed E-state index contributed by atoms with van der Waals surface area (Å²) in [7, 11) is 0. The molecule has 1 aromatic heterocycles. The number of amides is 1. The molecule has 1 aromatic carbocycles. The van der Waals surface area contributed by atoms with Gasteiger partial charge in [-0.2, -0.15) is 0 Å². The lowest BCUT2D eigenvalue weighted by atomic mass is 10.1. The second kappa shape index (κ2) is 8.38. The fourth-order valence-electron chi connectivity index (χ4n) is 2.84. The molecule has 2 aromatic rings. The average Bonchev–Trinajstić information content (AvgIpc) is 3.13. The van der Waals surface area contributed by atoms with Gasteiger partial charge in [0.2, 0.25) is 0 Å². The quantitative estimate of drug-likeness (QED) is 0.807. The van der Waals surface area contributed by atoms with E-state index in [1.165, 1.54) is 18.3 Å². The maximum atomic E-state index is 12.7. The molecule has 1 atom stereocenters. The van der Waals surface area contributed by atoms with Crippen LogP contribution in [0.15, 0.2) is 42.5 Å². The van der Waals surface area contributed by atoms with Gasteiger partial charge in [0.05, 0.1) is 29.0 Å². The van der Waals surface area contributed by atoms with Crippen LogP contribution in [0.3, 0.4) is 0 Å². The highest BCUT2D eigenvalue weighted by molar-refractivity contribution is 7.15. The van der Waals surface area contributed by atoms with Gasteiger partial charge in [0.1, 0.15) is 0 Å². The summed E-state index contributed by atoms with van der Waals surface area (Å²) in [5, 5.41) is 3.13. The van der Waals surface area contributed by atoms with Crippen molar-refractivity contribution in [2.75, 3.05) is 32.8 Å². The van der Waals surface area contributed by atoms with Gasteiger partial charge in [-0.25, -0.2) is 0 Å². The van der Waals surface area contributed by atoms with Crippen molar-refractivity contribution in [3.8, 4) is 0 Å². The Balaban J connectivity index is 1.73. The number of thiophene rings is 1. The number of morpholine rings is 1. The van der Waals surface area contributed by atoms with E-state index in [4.69, 9.17) is 4.74 Å². The number of benzene rings is 1. The number of hydrogen-bond acceptors (Lipinski definition) is 5. The average molecular weight is 358 g/mol. The molecule has 5 nitrogen and oxygen atoms in total. The van der Waals surface area contributed by atoms with Gasteiger partial charge in [0.15, 0.2) is 5.78 Å².